The van der Waals surface area contributed by atoms with Crippen molar-refractivity contribution in [1.82, 2.24) is 0 Å². The van der Waals surface area contributed by atoms with Crippen LogP contribution >= 0.6 is 0 Å². The number of hydrogen-bond acceptors (Lipinski definition) is 3. The van der Waals surface area contributed by atoms with Crippen molar-refractivity contribution in [3.63, 3.8) is 0 Å². The van der Waals surface area contributed by atoms with Crippen molar-refractivity contribution in [2.45, 2.75) is 71.2 Å². The van der Waals surface area contributed by atoms with Crippen molar-refractivity contribution in [2.75, 3.05) is 6.61 Å². The average molecular weight is 289 g/mol. The molecule has 3 N–H and O–H groups in total. The lowest BCUT2D eigenvalue weighted by molar-refractivity contribution is -0.120. The van der Waals surface area contributed by atoms with Crippen LogP contribution in [0.2, 0.25) is 18.1 Å². The van der Waals surface area contributed by atoms with Gasteiger partial charge >= 0.3 is 0 Å². The van der Waals surface area contributed by atoms with Gasteiger partial charge in [-0.3, -0.25) is 4.79 Å². The van der Waals surface area contributed by atoms with Gasteiger partial charge < -0.3 is 15.3 Å². The van der Waals surface area contributed by atoms with Gasteiger partial charge in [0.05, 0.1) is 12.5 Å². The minimum Gasteiger partial charge on any atom is -0.413 e. The number of amides is 1. The number of rotatable bonds is 8. The Balaban J connectivity index is 4.81. The van der Waals surface area contributed by atoms with E-state index in [1.807, 2.05) is 0 Å². The Kier molecular flexibility index (Phi) is 7.25. The first kappa shape index (κ1) is 18.6. The highest BCUT2D eigenvalue weighted by Gasteiger charge is 2.40. The molecule has 0 fully saturated rings. The minimum absolute atomic E-state index is 0.111. The van der Waals surface area contributed by atoms with E-state index in [9.17, 15) is 4.79 Å². The van der Waals surface area contributed by atoms with E-state index in [4.69, 9.17) is 15.3 Å². The van der Waals surface area contributed by atoms with E-state index >= 15 is 0 Å². The van der Waals surface area contributed by atoms with E-state index in [0.717, 1.165) is 12.8 Å². The van der Waals surface area contributed by atoms with Gasteiger partial charge in [0.25, 0.3) is 0 Å². The van der Waals surface area contributed by atoms with Gasteiger partial charge in [0, 0.05) is 6.61 Å². The summed E-state index contributed by atoms with van der Waals surface area (Å²) in [5.41, 5.74) is 5.33. The Labute approximate surface area is 118 Å². The van der Waals surface area contributed by atoms with E-state index < -0.39 is 8.32 Å². The Hall–Kier alpha value is -0.393. The number of aliphatic hydroxyl groups is 1. The zero-order valence-electron chi connectivity index (χ0n) is 13.3. The third-order valence-electron chi connectivity index (χ3n) is 4.11. The van der Waals surface area contributed by atoms with Crippen LogP contribution in [0.5, 0.6) is 0 Å². The number of carbonyl (C=O) groups excluding carboxylic acids is 1. The maximum atomic E-state index is 11.2. The SMILES string of the molecule is C[C@H](CCCO)[C@H](CC(N)=O)O[Si](C)(C)C(C)(C)C. The molecule has 0 saturated heterocycles. The van der Waals surface area contributed by atoms with Crippen molar-refractivity contribution in [3.8, 4) is 0 Å². The van der Waals surface area contributed by atoms with Crippen LogP contribution in [0.4, 0.5) is 0 Å². The fourth-order valence-corrected chi connectivity index (χ4v) is 3.14. The van der Waals surface area contributed by atoms with Crippen LogP contribution in [-0.2, 0) is 9.22 Å². The molecule has 4 nitrogen and oxygen atoms in total. The number of primary amides is 1. The average Bonchev–Trinajstić information content (AvgIpc) is 2.22. The smallest absolute Gasteiger partial charge is 0.219 e. The van der Waals surface area contributed by atoms with E-state index in [1.165, 1.54) is 0 Å². The van der Waals surface area contributed by atoms with Gasteiger partial charge in [0.2, 0.25) is 5.91 Å². The summed E-state index contributed by atoms with van der Waals surface area (Å²) in [6, 6.07) is 0. The van der Waals surface area contributed by atoms with Gasteiger partial charge in [-0.15, -0.1) is 0 Å². The molecule has 1 amide bonds. The molecule has 0 unspecified atom stereocenters. The van der Waals surface area contributed by atoms with Gasteiger partial charge in [-0.2, -0.15) is 0 Å². The van der Waals surface area contributed by atoms with Crippen molar-refractivity contribution >= 4 is 14.2 Å². The second-order valence-electron chi connectivity index (χ2n) is 6.93. The number of hydrogen-bond donors (Lipinski definition) is 2. The Morgan fingerprint density at radius 2 is 1.89 bits per heavy atom. The van der Waals surface area contributed by atoms with Crippen LogP contribution in [-0.4, -0.2) is 32.0 Å². The topological polar surface area (TPSA) is 72.5 Å². The van der Waals surface area contributed by atoms with Crippen molar-refractivity contribution in [2.24, 2.45) is 11.7 Å². The molecule has 0 radical (unpaired) electrons. The largest absolute Gasteiger partial charge is 0.413 e. The zero-order chi connectivity index (χ0) is 15.3. The highest BCUT2D eigenvalue weighted by Crippen LogP contribution is 2.38. The van der Waals surface area contributed by atoms with Gasteiger partial charge in [0.1, 0.15) is 0 Å². The third kappa shape index (κ3) is 6.54. The van der Waals surface area contributed by atoms with Crippen LogP contribution in [0.3, 0.4) is 0 Å². The molecule has 0 bridgehead atoms. The lowest BCUT2D eigenvalue weighted by Crippen LogP contribution is -2.46. The highest BCUT2D eigenvalue weighted by molar-refractivity contribution is 6.74. The molecular weight excluding hydrogens is 258 g/mol. The summed E-state index contributed by atoms with van der Waals surface area (Å²) in [5, 5.41) is 9.03. The Morgan fingerprint density at radius 1 is 1.37 bits per heavy atom. The predicted molar refractivity (Wildman–Crippen MR) is 81.4 cm³/mol. The molecule has 0 saturated carbocycles. The summed E-state index contributed by atoms with van der Waals surface area (Å²) in [5.74, 6) is -0.0895. The second-order valence-corrected chi connectivity index (χ2v) is 11.7. The predicted octanol–water partition coefficient (Wildman–Crippen LogP) is 2.66. The summed E-state index contributed by atoms with van der Waals surface area (Å²) in [6.07, 6.45) is 1.71. The van der Waals surface area contributed by atoms with Crippen molar-refractivity contribution in [3.05, 3.63) is 0 Å². The number of carbonyl (C=O) groups is 1. The van der Waals surface area contributed by atoms with Crippen molar-refractivity contribution < 1.29 is 14.3 Å². The van der Waals surface area contributed by atoms with E-state index in [1.54, 1.807) is 0 Å². The molecule has 0 aromatic rings. The number of aliphatic hydroxyl groups excluding tert-OH is 1. The van der Waals surface area contributed by atoms with E-state index in [0.29, 0.717) is 0 Å². The van der Waals surface area contributed by atoms with E-state index in [-0.39, 0.29) is 36.0 Å². The molecule has 2 atom stereocenters. The fraction of sp³-hybridized carbons (Fsp3) is 0.929. The van der Waals surface area contributed by atoms with Crippen LogP contribution < -0.4 is 5.73 Å². The summed E-state index contributed by atoms with van der Waals surface area (Å²) in [7, 11) is -1.91. The standard InChI is InChI=1S/C14H31NO3Si/c1-11(8-7-9-16)12(10-13(15)17)18-19(5,6)14(2,3)4/h11-12,16H,7-10H2,1-6H3,(H2,15,17)/t11-,12+/m1/s1. The molecule has 0 aliphatic heterocycles. The zero-order valence-corrected chi connectivity index (χ0v) is 14.3. The molecule has 0 spiro atoms. The first-order chi connectivity index (χ1) is 8.51. The second kappa shape index (κ2) is 7.41. The molecule has 0 rings (SSSR count). The van der Waals surface area contributed by atoms with Crippen molar-refractivity contribution in [1.29, 1.82) is 0 Å². The monoisotopic (exact) mass is 289 g/mol. The fourth-order valence-electron chi connectivity index (χ4n) is 1.71. The Bertz CT molecular complexity index is 287. The molecule has 0 heterocycles. The lowest BCUT2D eigenvalue weighted by Gasteiger charge is -2.40. The van der Waals surface area contributed by atoms with Gasteiger partial charge in [-0.1, -0.05) is 27.7 Å². The van der Waals surface area contributed by atoms with Crippen LogP contribution in [0.25, 0.3) is 0 Å². The normalized spacial score (nSPS) is 16.2. The maximum absolute atomic E-state index is 11.2. The quantitative estimate of drug-likeness (QED) is 0.675. The summed E-state index contributed by atoms with van der Waals surface area (Å²) in [4.78, 5) is 11.2. The van der Waals surface area contributed by atoms with E-state index in [2.05, 4.69) is 40.8 Å². The minimum atomic E-state index is -1.91. The molecule has 5 heteroatoms. The number of nitrogens with two attached hydrogens (primary N) is 1. The highest BCUT2D eigenvalue weighted by atomic mass is 28.4. The molecule has 0 aliphatic rings. The summed E-state index contributed by atoms with van der Waals surface area (Å²) < 4.78 is 6.33. The van der Waals surface area contributed by atoms with Gasteiger partial charge in [-0.05, 0) is 36.9 Å². The molecule has 114 valence electrons. The summed E-state index contributed by atoms with van der Waals surface area (Å²) >= 11 is 0. The maximum Gasteiger partial charge on any atom is 0.219 e. The van der Waals surface area contributed by atoms with Crippen LogP contribution in [0.15, 0.2) is 0 Å². The first-order valence-corrected chi connectivity index (χ1v) is 9.99. The molecule has 0 aliphatic carbocycles. The third-order valence-corrected chi connectivity index (χ3v) is 8.61. The van der Waals surface area contributed by atoms with Crippen LogP contribution in [0.1, 0.15) is 47.0 Å². The van der Waals surface area contributed by atoms with Gasteiger partial charge in [-0.25, -0.2) is 0 Å². The first-order valence-electron chi connectivity index (χ1n) is 7.08. The lowest BCUT2D eigenvalue weighted by atomic mass is 9.97. The van der Waals surface area contributed by atoms with Crippen LogP contribution in [0, 0.1) is 5.92 Å². The molecular formula is C14H31NO3Si. The molecule has 0 aromatic heterocycles. The Morgan fingerprint density at radius 3 is 2.26 bits per heavy atom. The van der Waals surface area contributed by atoms with Gasteiger partial charge in [0.15, 0.2) is 8.32 Å². The molecule has 19 heavy (non-hydrogen) atoms. The molecule has 0 aromatic carbocycles. The summed E-state index contributed by atoms with van der Waals surface area (Å²) in [6.45, 7) is 13.1.